The van der Waals surface area contributed by atoms with Crippen molar-refractivity contribution in [3.05, 3.63) is 27.6 Å². The predicted octanol–water partition coefficient (Wildman–Crippen LogP) is 2.86. The molecule has 0 radical (unpaired) electrons. The minimum Gasteiger partial charge on any atom is -0.296 e. The fourth-order valence-electron chi connectivity index (χ4n) is 1.37. The van der Waals surface area contributed by atoms with Crippen LogP contribution in [0.5, 0.6) is 0 Å². The molecule has 0 atom stereocenters. The second-order valence-corrected chi connectivity index (χ2v) is 5.42. The van der Waals surface area contributed by atoms with Crippen molar-refractivity contribution in [1.29, 1.82) is 0 Å². The maximum Gasteiger partial charge on any atom is 0.171 e. The van der Waals surface area contributed by atoms with Crippen LogP contribution in [-0.2, 0) is 0 Å². The Kier molecular flexibility index (Phi) is 3.30. The number of hydrogen-bond acceptors (Lipinski definition) is 3. The van der Waals surface area contributed by atoms with Gasteiger partial charge in [-0.2, -0.15) is 0 Å². The monoisotopic (exact) mass is 332 g/mol. The van der Waals surface area contributed by atoms with Crippen LogP contribution in [0, 0.1) is 3.57 Å². The van der Waals surface area contributed by atoms with E-state index in [1.165, 1.54) is 0 Å². The first-order valence-corrected chi connectivity index (χ1v) is 6.58. The number of hydrogen-bond donors (Lipinski definition) is 0. The molecule has 0 aromatic carbocycles. The molecule has 0 fully saturated rings. The number of carbonyl (C=O) groups is 1. The fourth-order valence-corrected chi connectivity index (χ4v) is 2.62. The molecule has 2 aromatic heterocycles. The van der Waals surface area contributed by atoms with Crippen molar-refractivity contribution in [2.45, 2.75) is 11.9 Å². The van der Waals surface area contributed by atoms with Crippen LogP contribution in [0.3, 0.4) is 0 Å². The average molecular weight is 332 g/mol. The summed E-state index contributed by atoms with van der Waals surface area (Å²) in [5.74, 6) is 0.931. The van der Waals surface area contributed by atoms with E-state index < -0.39 is 0 Å². The third-order valence-electron chi connectivity index (χ3n) is 1.96. The van der Waals surface area contributed by atoms with Gasteiger partial charge in [0.1, 0.15) is 16.4 Å². The van der Waals surface area contributed by atoms with Crippen LogP contribution >= 0.6 is 34.4 Å². The molecule has 0 saturated carbocycles. The maximum absolute atomic E-state index is 10.9. The number of carbonyl (C=O) groups excluding carboxylic acids is 1. The molecule has 2 heterocycles. The van der Waals surface area contributed by atoms with Gasteiger partial charge in [-0.25, -0.2) is 4.98 Å². The highest BCUT2D eigenvalue weighted by atomic mass is 127. The Morgan fingerprint density at radius 3 is 3.13 bits per heavy atom. The summed E-state index contributed by atoms with van der Waals surface area (Å²) in [4.78, 5) is 15.1. The number of fused-ring (bicyclic) bond motifs is 1. The van der Waals surface area contributed by atoms with Gasteiger partial charge in [0.2, 0.25) is 0 Å². The number of nitrogens with zero attached hydrogens (tertiary/aromatic N) is 2. The molecule has 0 unspecified atom stereocenters. The van der Waals surface area contributed by atoms with Gasteiger partial charge in [0.25, 0.3) is 0 Å². The minimum atomic E-state index is 0.531. The Morgan fingerprint density at radius 2 is 2.47 bits per heavy atom. The summed E-state index contributed by atoms with van der Waals surface area (Å²) in [5.41, 5.74) is 1.36. The SMILES string of the molecule is CCSc1c(C=O)nc2cc(I)ccn12. The van der Waals surface area contributed by atoms with Crippen molar-refractivity contribution in [3.8, 4) is 0 Å². The van der Waals surface area contributed by atoms with Crippen LogP contribution in [0.25, 0.3) is 5.65 Å². The lowest BCUT2D eigenvalue weighted by Gasteiger charge is -1.99. The van der Waals surface area contributed by atoms with Gasteiger partial charge in [0, 0.05) is 9.77 Å². The van der Waals surface area contributed by atoms with E-state index in [1.54, 1.807) is 11.8 Å². The number of rotatable bonds is 3. The molecule has 0 N–H and O–H groups in total. The summed E-state index contributed by atoms with van der Waals surface area (Å²) >= 11 is 3.87. The van der Waals surface area contributed by atoms with Gasteiger partial charge in [-0.05, 0) is 40.5 Å². The summed E-state index contributed by atoms with van der Waals surface area (Å²) < 4.78 is 3.08. The minimum absolute atomic E-state index is 0.531. The fraction of sp³-hybridized carbons (Fsp3) is 0.200. The third-order valence-corrected chi connectivity index (χ3v) is 3.60. The molecule has 0 amide bonds. The topological polar surface area (TPSA) is 34.4 Å². The molecule has 0 spiro atoms. The van der Waals surface area contributed by atoms with Gasteiger partial charge < -0.3 is 0 Å². The predicted molar refractivity (Wildman–Crippen MR) is 69.7 cm³/mol. The van der Waals surface area contributed by atoms with Crippen molar-refractivity contribution in [1.82, 2.24) is 9.38 Å². The highest BCUT2D eigenvalue weighted by molar-refractivity contribution is 14.1. The normalized spacial score (nSPS) is 10.8. The number of imidazole rings is 1. The first-order chi connectivity index (χ1) is 7.26. The smallest absolute Gasteiger partial charge is 0.171 e. The number of pyridine rings is 1. The van der Waals surface area contributed by atoms with E-state index in [0.29, 0.717) is 5.69 Å². The van der Waals surface area contributed by atoms with Gasteiger partial charge in [0.05, 0.1) is 0 Å². The molecule has 0 aliphatic carbocycles. The van der Waals surface area contributed by atoms with E-state index in [1.807, 2.05) is 22.7 Å². The number of thioether (sulfide) groups is 1. The summed E-state index contributed by atoms with van der Waals surface area (Å²) in [7, 11) is 0. The quantitative estimate of drug-likeness (QED) is 0.492. The van der Waals surface area contributed by atoms with Crippen molar-refractivity contribution < 1.29 is 4.79 Å². The maximum atomic E-state index is 10.9. The second kappa shape index (κ2) is 4.52. The van der Waals surface area contributed by atoms with Crippen LogP contribution in [0.15, 0.2) is 23.4 Å². The first-order valence-electron chi connectivity index (χ1n) is 4.52. The molecule has 5 heteroatoms. The van der Waals surface area contributed by atoms with Crippen LogP contribution in [0.1, 0.15) is 17.4 Å². The van der Waals surface area contributed by atoms with E-state index in [-0.39, 0.29) is 0 Å². The average Bonchev–Trinajstić information content (AvgIpc) is 2.56. The highest BCUT2D eigenvalue weighted by Crippen LogP contribution is 2.23. The van der Waals surface area contributed by atoms with E-state index >= 15 is 0 Å². The lowest BCUT2D eigenvalue weighted by molar-refractivity contribution is 0.111. The van der Waals surface area contributed by atoms with Crippen molar-refractivity contribution in [2.75, 3.05) is 5.75 Å². The van der Waals surface area contributed by atoms with E-state index in [0.717, 1.165) is 26.3 Å². The molecule has 15 heavy (non-hydrogen) atoms. The van der Waals surface area contributed by atoms with Crippen molar-refractivity contribution in [2.24, 2.45) is 0 Å². The zero-order chi connectivity index (χ0) is 10.8. The molecular formula is C10H9IN2OS. The molecule has 0 aliphatic heterocycles. The molecule has 2 aromatic rings. The molecule has 2 rings (SSSR count). The van der Waals surface area contributed by atoms with Gasteiger partial charge >= 0.3 is 0 Å². The lowest BCUT2D eigenvalue weighted by atomic mass is 10.5. The zero-order valence-electron chi connectivity index (χ0n) is 8.11. The van der Waals surface area contributed by atoms with Gasteiger partial charge in [0.15, 0.2) is 6.29 Å². The standard InChI is InChI=1S/C10H9IN2OS/c1-2-15-10-8(6-14)12-9-5-7(11)3-4-13(9)10/h3-6H,2H2,1H3. The Bertz CT molecular complexity index is 509. The summed E-state index contributed by atoms with van der Waals surface area (Å²) in [6, 6.07) is 3.97. The molecule has 0 saturated heterocycles. The number of aldehydes is 1. The van der Waals surface area contributed by atoms with Crippen molar-refractivity contribution >= 4 is 46.3 Å². The largest absolute Gasteiger partial charge is 0.296 e. The van der Waals surface area contributed by atoms with Gasteiger partial charge in [-0.15, -0.1) is 11.8 Å². The number of aromatic nitrogens is 2. The highest BCUT2D eigenvalue weighted by Gasteiger charge is 2.10. The van der Waals surface area contributed by atoms with Crippen LogP contribution < -0.4 is 0 Å². The van der Waals surface area contributed by atoms with Crippen LogP contribution in [-0.4, -0.2) is 21.4 Å². The molecule has 0 aliphatic rings. The third kappa shape index (κ3) is 2.03. The summed E-state index contributed by atoms with van der Waals surface area (Å²) in [5, 5.41) is 0.930. The van der Waals surface area contributed by atoms with Crippen molar-refractivity contribution in [3.63, 3.8) is 0 Å². The van der Waals surface area contributed by atoms with E-state index in [4.69, 9.17) is 0 Å². The van der Waals surface area contributed by atoms with E-state index in [9.17, 15) is 4.79 Å². The first kappa shape index (κ1) is 10.9. The molecule has 3 nitrogen and oxygen atoms in total. The summed E-state index contributed by atoms with van der Waals surface area (Å²) in [6.45, 7) is 2.06. The second-order valence-electron chi connectivity index (χ2n) is 2.93. The van der Waals surface area contributed by atoms with Crippen LogP contribution in [0.4, 0.5) is 0 Å². The number of halogens is 1. The molecule has 78 valence electrons. The zero-order valence-corrected chi connectivity index (χ0v) is 11.1. The Hall–Kier alpha value is -0.560. The Morgan fingerprint density at radius 1 is 1.67 bits per heavy atom. The molecule has 0 bridgehead atoms. The summed E-state index contributed by atoms with van der Waals surface area (Å²) in [6.07, 6.45) is 2.77. The van der Waals surface area contributed by atoms with E-state index in [2.05, 4.69) is 34.5 Å². The lowest BCUT2D eigenvalue weighted by Crippen LogP contribution is -1.88. The molecular weight excluding hydrogens is 323 g/mol. The van der Waals surface area contributed by atoms with Crippen LogP contribution in [0.2, 0.25) is 0 Å². The van der Waals surface area contributed by atoms with Gasteiger partial charge in [-0.1, -0.05) is 6.92 Å². The Labute approximate surface area is 105 Å². The Balaban J connectivity index is 2.68. The van der Waals surface area contributed by atoms with Gasteiger partial charge in [-0.3, -0.25) is 9.20 Å².